The molecular formula is C22H25N5O3. The van der Waals surface area contributed by atoms with Crippen LogP contribution in [0.2, 0.25) is 0 Å². The third-order valence-corrected chi connectivity index (χ3v) is 5.78. The van der Waals surface area contributed by atoms with Gasteiger partial charge in [-0.05, 0) is 23.8 Å². The van der Waals surface area contributed by atoms with E-state index in [0.29, 0.717) is 30.3 Å². The maximum absolute atomic E-state index is 13.0. The van der Waals surface area contributed by atoms with E-state index in [1.54, 1.807) is 0 Å². The minimum Gasteiger partial charge on any atom is -0.486 e. The van der Waals surface area contributed by atoms with Crippen molar-refractivity contribution in [3.63, 3.8) is 0 Å². The topological polar surface area (TPSA) is 101 Å². The van der Waals surface area contributed by atoms with Crippen molar-refractivity contribution in [1.29, 1.82) is 0 Å². The van der Waals surface area contributed by atoms with Crippen molar-refractivity contribution in [2.45, 2.75) is 12.6 Å². The van der Waals surface area contributed by atoms with Gasteiger partial charge in [0.1, 0.15) is 13.2 Å². The van der Waals surface area contributed by atoms with E-state index in [1.165, 1.54) is 5.70 Å². The zero-order chi connectivity index (χ0) is 20.7. The van der Waals surface area contributed by atoms with E-state index in [1.807, 2.05) is 48.3 Å². The molecule has 5 rings (SSSR count). The van der Waals surface area contributed by atoms with Gasteiger partial charge in [-0.3, -0.25) is 4.79 Å². The highest BCUT2D eigenvalue weighted by Gasteiger charge is 2.34. The number of ether oxygens (including phenoxy) is 2. The Morgan fingerprint density at radius 2 is 2.03 bits per heavy atom. The molecule has 0 saturated carbocycles. The molecular weight excluding hydrogens is 382 g/mol. The first-order valence-electron chi connectivity index (χ1n) is 10.1. The average molecular weight is 407 g/mol. The Kier molecular flexibility index (Phi) is 4.63. The number of para-hydroxylation sites is 1. The highest BCUT2D eigenvalue weighted by atomic mass is 16.6. The van der Waals surface area contributed by atoms with Crippen LogP contribution in [-0.4, -0.2) is 50.3 Å². The number of likely N-dealkylation sites (N-methyl/N-ethyl adjacent to an activating group) is 1. The fraction of sp³-hybridized carbons (Fsp3) is 0.318. The Labute approximate surface area is 175 Å². The minimum atomic E-state index is -0.452. The van der Waals surface area contributed by atoms with Crippen LogP contribution >= 0.6 is 0 Å². The first-order chi connectivity index (χ1) is 14.6. The molecule has 1 amide bonds. The fourth-order valence-corrected chi connectivity index (χ4v) is 4.19. The van der Waals surface area contributed by atoms with E-state index in [9.17, 15) is 4.79 Å². The molecule has 5 N–H and O–H groups in total. The molecule has 1 unspecified atom stereocenters. The zero-order valence-corrected chi connectivity index (χ0v) is 16.8. The third kappa shape index (κ3) is 3.19. The van der Waals surface area contributed by atoms with Crippen molar-refractivity contribution < 1.29 is 14.3 Å². The predicted molar refractivity (Wildman–Crippen MR) is 115 cm³/mol. The summed E-state index contributed by atoms with van der Waals surface area (Å²) in [6.07, 6.45) is 0.455. The zero-order valence-electron chi connectivity index (χ0n) is 16.8. The Morgan fingerprint density at radius 1 is 1.20 bits per heavy atom. The Hall–Kier alpha value is -3.39. The second kappa shape index (κ2) is 7.46. The van der Waals surface area contributed by atoms with Crippen molar-refractivity contribution in [2.75, 3.05) is 44.4 Å². The molecule has 0 fully saturated rings. The maximum Gasteiger partial charge on any atom is 0.267 e. The Balaban J connectivity index is 1.37. The van der Waals surface area contributed by atoms with Crippen molar-refractivity contribution in [3.05, 3.63) is 47.8 Å². The van der Waals surface area contributed by atoms with Gasteiger partial charge in [0.15, 0.2) is 17.7 Å². The van der Waals surface area contributed by atoms with Gasteiger partial charge >= 0.3 is 0 Å². The molecule has 0 bridgehead atoms. The molecule has 3 aliphatic rings. The molecule has 8 nitrogen and oxygen atoms in total. The molecule has 0 radical (unpaired) electrons. The number of nitrogens with zero attached hydrogens (tertiary/aromatic N) is 1. The average Bonchev–Trinajstić information content (AvgIpc) is 3.12. The van der Waals surface area contributed by atoms with Crippen LogP contribution in [-0.2, 0) is 4.79 Å². The number of amides is 1. The summed E-state index contributed by atoms with van der Waals surface area (Å²) in [6.45, 7) is 2.75. The van der Waals surface area contributed by atoms with Gasteiger partial charge in [0.2, 0.25) is 0 Å². The number of nitrogens with two attached hydrogens (primary N) is 1. The van der Waals surface area contributed by atoms with Gasteiger partial charge in [0.05, 0.1) is 11.4 Å². The third-order valence-electron chi connectivity index (χ3n) is 5.78. The molecule has 0 saturated heterocycles. The van der Waals surface area contributed by atoms with Gasteiger partial charge in [-0.25, -0.2) is 0 Å². The molecule has 0 spiro atoms. The van der Waals surface area contributed by atoms with Gasteiger partial charge in [0.25, 0.3) is 5.91 Å². The summed E-state index contributed by atoms with van der Waals surface area (Å²) >= 11 is 0. The minimum absolute atomic E-state index is 0.141. The summed E-state index contributed by atoms with van der Waals surface area (Å²) in [5.41, 5.74) is 11.6. The summed E-state index contributed by atoms with van der Waals surface area (Å²) in [5.74, 6) is 1.29. The Bertz CT molecular complexity index is 1040. The van der Waals surface area contributed by atoms with E-state index in [-0.39, 0.29) is 5.91 Å². The van der Waals surface area contributed by atoms with Crippen LogP contribution < -0.4 is 31.2 Å². The predicted octanol–water partition coefficient (Wildman–Crippen LogP) is 1.71. The molecule has 3 heterocycles. The number of nitrogens with one attached hydrogen (secondary N) is 3. The molecule has 30 heavy (non-hydrogen) atoms. The standard InChI is InChI=1S/C22H25N5O3/c1-27-17-7-8-24-12-16(17)25-21(27)22(28)26-15-4-2-3-14(20(15)23)13-5-6-18-19(11-13)30-10-9-29-18/h2-6,11,21,24-25H,7-10,12,23H2,1H3,(H,26,28). The Morgan fingerprint density at radius 3 is 2.87 bits per heavy atom. The van der Waals surface area contributed by atoms with Crippen LogP contribution in [0.25, 0.3) is 11.1 Å². The lowest BCUT2D eigenvalue weighted by Gasteiger charge is -2.24. The van der Waals surface area contributed by atoms with Crippen LogP contribution in [0.5, 0.6) is 11.5 Å². The van der Waals surface area contributed by atoms with E-state index in [4.69, 9.17) is 15.2 Å². The van der Waals surface area contributed by atoms with Crippen molar-refractivity contribution in [3.8, 4) is 22.6 Å². The number of carbonyl (C=O) groups excluding carboxylic acids is 1. The molecule has 8 heteroatoms. The van der Waals surface area contributed by atoms with Crippen LogP contribution in [0.3, 0.4) is 0 Å². The lowest BCUT2D eigenvalue weighted by Crippen LogP contribution is -2.45. The molecule has 156 valence electrons. The second-order valence-electron chi connectivity index (χ2n) is 7.62. The highest BCUT2D eigenvalue weighted by molar-refractivity contribution is 6.00. The number of anilines is 2. The van der Waals surface area contributed by atoms with Crippen LogP contribution in [0.1, 0.15) is 6.42 Å². The van der Waals surface area contributed by atoms with Crippen molar-refractivity contribution >= 4 is 17.3 Å². The summed E-state index contributed by atoms with van der Waals surface area (Å²) in [7, 11) is 1.94. The van der Waals surface area contributed by atoms with Gasteiger partial charge in [-0.15, -0.1) is 0 Å². The van der Waals surface area contributed by atoms with Gasteiger partial charge in [0, 0.05) is 43.5 Å². The van der Waals surface area contributed by atoms with Crippen LogP contribution in [0.4, 0.5) is 11.4 Å². The summed E-state index contributed by atoms with van der Waals surface area (Å²) in [6, 6.07) is 11.4. The quantitative estimate of drug-likeness (QED) is 0.575. The largest absolute Gasteiger partial charge is 0.486 e. The second-order valence-corrected chi connectivity index (χ2v) is 7.62. The smallest absolute Gasteiger partial charge is 0.267 e. The highest BCUT2D eigenvalue weighted by Crippen LogP contribution is 2.38. The lowest BCUT2D eigenvalue weighted by atomic mass is 10.0. The van der Waals surface area contributed by atoms with Gasteiger partial charge in [-0.1, -0.05) is 18.2 Å². The van der Waals surface area contributed by atoms with E-state index >= 15 is 0 Å². The molecule has 2 aromatic rings. The summed E-state index contributed by atoms with van der Waals surface area (Å²) < 4.78 is 11.3. The summed E-state index contributed by atoms with van der Waals surface area (Å²) in [5, 5.41) is 9.64. The normalized spacial score (nSPS) is 19.9. The summed E-state index contributed by atoms with van der Waals surface area (Å²) in [4.78, 5) is 15.0. The van der Waals surface area contributed by atoms with Gasteiger partial charge < -0.3 is 36.1 Å². The monoisotopic (exact) mass is 407 g/mol. The van der Waals surface area contributed by atoms with Gasteiger partial charge in [-0.2, -0.15) is 0 Å². The first-order valence-corrected chi connectivity index (χ1v) is 10.1. The number of hydrogen-bond acceptors (Lipinski definition) is 7. The number of nitrogen functional groups attached to an aromatic ring is 1. The number of benzene rings is 2. The van der Waals surface area contributed by atoms with Crippen LogP contribution in [0, 0.1) is 0 Å². The van der Waals surface area contributed by atoms with Crippen LogP contribution in [0.15, 0.2) is 47.8 Å². The molecule has 0 aromatic heterocycles. The molecule has 0 aliphatic carbocycles. The maximum atomic E-state index is 13.0. The molecule has 2 aromatic carbocycles. The van der Waals surface area contributed by atoms with E-state index in [2.05, 4.69) is 16.0 Å². The fourth-order valence-electron chi connectivity index (χ4n) is 4.19. The van der Waals surface area contributed by atoms with E-state index in [0.717, 1.165) is 42.1 Å². The van der Waals surface area contributed by atoms with Crippen molar-refractivity contribution in [1.82, 2.24) is 15.5 Å². The number of hydrogen-bond donors (Lipinski definition) is 4. The molecule has 1 atom stereocenters. The molecule has 3 aliphatic heterocycles. The SMILES string of the molecule is CN1C2=C(CNCC2)NC1C(=O)Nc1cccc(-c2ccc3c(c2)OCCO3)c1N. The number of carbonyl (C=O) groups is 1. The first kappa shape index (κ1) is 18.6. The number of fused-ring (bicyclic) bond motifs is 1. The number of rotatable bonds is 3. The van der Waals surface area contributed by atoms with Crippen molar-refractivity contribution in [2.24, 2.45) is 0 Å². The van der Waals surface area contributed by atoms with E-state index < -0.39 is 6.17 Å². The lowest BCUT2D eigenvalue weighted by molar-refractivity contribution is -0.120.